The molecule has 1 rings (SSSR count). The molecule has 14 heavy (non-hydrogen) atoms. The van der Waals surface area contributed by atoms with Gasteiger partial charge in [0.2, 0.25) is 5.95 Å². The molecule has 5 nitrogen and oxygen atoms in total. The zero-order valence-corrected chi connectivity index (χ0v) is 8.58. The summed E-state index contributed by atoms with van der Waals surface area (Å²) in [6.07, 6.45) is 0.917. The van der Waals surface area contributed by atoms with Crippen LogP contribution >= 0.6 is 11.6 Å². The molecule has 0 aliphatic heterocycles. The summed E-state index contributed by atoms with van der Waals surface area (Å²) in [7, 11) is 1.45. The molecule has 1 aromatic heterocycles. The first-order valence-electron chi connectivity index (χ1n) is 3.95. The molecule has 0 aliphatic rings. The fourth-order valence-electron chi connectivity index (χ4n) is 0.716. The van der Waals surface area contributed by atoms with E-state index in [0.29, 0.717) is 0 Å². The van der Waals surface area contributed by atoms with Crippen molar-refractivity contribution in [2.45, 2.75) is 13.0 Å². The smallest absolute Gasteiger partial charge is 0.255 e. The first-order valence-corrected chi connectivity index (χ1v) is 4.33. The molecule has 1 atom stereocenters. The van der Waals surface area contributed by atoms with Gasteiger partial charge in [-0.2, -0.15) is 0 Å². The average Bonchev–Trinajstić information content (AvgIpc) is 2.16. The van der Waals surface area contributed by atoms with Gasteiger partial charge >= 0.3 is 0 Å². The number of anilines is 1. The van der Waals surface area contributed by atoms with Crippen LogP contribution in [-0.2, 0) is 9.53 Å². The Morgan fingerprint density at radius 1 is 1.71 bits per heavy atom. The molecule has 1 N–H and O–H groups in total. The van der Waals surface area contributed by atoms with E-state index in [1.807, 2.05) is 0 Å². The number of amides is 1. The summed E-state index contributed by atoms with van der Waals surface area (Å²) in [5, 5.41) is 2.74. The minimum absolute atomic E-state index is 0.173. The van der Waals surface area contributed by atoms with Gasteiger partial charge in [0.05, 0.1) is 0 Å². The quantitative estimate of drug-likeness (QED) is 0.767. The summed E-state index contributed by atoms with van der Waals surface area (Å²) in [6.45, 7) is 1.62. The standard InChI is InChI=1S/C8H10ClN3O2/c1-5(14-2)7(13)12-8-10-4-3-6(9)11-8/h3-5H,1-2H3,(H,10,11,12,13). The Morgan fingerprint density at radius 3 is 3.00 bits per heavy atom. The second-order valence-corrected chi connectivity index (χ2v) is 2.96. The Labute approximate surface area is 86.5 Å². The predicted octanol–water partition coefficient (Wildman–Crippen LogP) is 1.10. The van der Waals surface area contributed by atoms with Crippen LogP contribution in [0.5, 0.6) is 0 Å². The number of aromatic nitrogens is 2. The summed E-state index contributed by atoms with van der Waals surface area (Å²) >= 11 is 5.61. The number of nitrogens with zero attached hydrogens (tertiary/aromatic N) is 2. The SMILES string of the molecule is COC(C)C(=O)Nc1nccc(Cl)n1. The molecule has 0 spiro atoms. The second-order valence-electron chi connectivity index (χ2n) is 2.57. The number of hydrogen-bond donors (Lipinski definition) is 1. The van der Waals surface area contributed by atoms with Crippen LogP contribution in [0.15, 0.2) is 12.3 Å². The van der Waals surface area contributed by atoms with E-state index in [9.17, 15) is 4.79 Å². The highest BCUT2D eigenvalue weighted by Crippen LogP contribution is 2.06. The molecule has 0 fully saturated rings. The Kier molecular flexibility index (Phi) is 3.79. The Balaban J connectivity index is 2.65. The zero-order valence-electron chi connectivity index (χ0n) is 7.82. The van der Waals surface area contributed by atoms with Crippen molar-refractivity contribution in [3.8, 4) is 0 Å². The van der Waals surface area contributed by atoms with Crippen molar-refractivity contribution < 1.29 is 9.53 Å². The zero-order chi connectivity index (χ0) is 10.6. The molecule has 0 aliphatic carbocycles. The molecule has 76 valence electrons. The largest absolute Gasteiger partial charge is 0.372 e. The molecule has 1 amide bonds. The highest BCUT2D eigenvalue weighted by molar-refractivity contribution is 6.29. The lowest BCUT2D eigenvalue weighted by atomic mass is 10.4. The van der Waals surface area contributed by atoms with Crippen LogP contribution in [0.2, 0.25) is 5.15 Å². The van der Waals surface area contributed by atoms with Gasteiger partial charge in [-0.1, -0.05) is 11.6 Å². The van der Waals surface area contributed by atoms with Crippen molar-refractivity contribution in [1.29, 1.82) is 0 Å². The maximum Gasteiger partial charge on any atom is 0.255 e. The van der Waals surface area contributed by atoms with Gasteiger partial charge in [0.15, 0.2) is 0 Å². The van der Waals surface area contributed by atoms with Crippen LogP contribution in [-0.4, -0.2) is 29.1 Å². The minimum Gasteiger partial charge on any atom is -0.372 e. The summed E-state index contributed by atoms with van der Waals surface area (Å²) in [5.41, 5.74) is 0. The Morgan fingerprint density at radius 2 is 2.43 bits per heavy atom. The van der Waals surface area contributed by atoms with E-state index in [1.165, 1.54) is 19.4 Å². The third-order valence-electron chi connectivity index (χ3n) is 1.58. The third kappa shape index (κ3) is 2.93. The van der Waals surface area contributed by atoms with Crippen LogP contribution in [0.4, 0.5) is 5.95 Å². The van der Waals surface area contributed by atoms with Crippen molar-refractivity contribution in [3.05, 3.63) is 17.4 Å². The fourth-order valence-corrected chi connectivity index (χ4v) is 0.852. The van der Waals surface area contributed by atoms with E-state index in [-0.39, 0.29) is 17.0 Å². The number of rotatable bonds is 3. The number of methoxy groups -OCH3 is 1. The van der Waals surface area contributed by atoms with E-state index in [2.05, 4.69) is 15.3 Å². The predicted molar refractivity (Wildman–Crippen MR) is 52.1 cm³/mol. The topological polar surface area (TPSA) is 64.1 Å². The Hall–Kier alpha value is -1.20. The molecule has 1 unspecified atom stereocenters. The van der Waals surface area contributed by atoms with Crippen molar-refractivity contribution in [2.75, 3.05) is 12.4 Å². The molecule has 0 saturated heterocycles. The van der Waals surface area contributed by atoms with E-state index in [0.717, 1.165) is 0 Å². The molecule has 6 heteroatoms. The van der Waals surface area contributed by atoms with Gasteiger partial charge in [0.1, 0.15) is 11.3 Å². The van der Waals surface area contributed by atoms with Gasteiger partial charge in [-0.3, -0.25) is 10.1 Å². The Bertz CT molecular complexity index is 332. The van der Waals surface area contributed by atoms with Crippen LogP contribution in [0.25, 0.3) is 0 Å². The molecule has 0 saturated carbocycles. The first-order chi connectivity index (χ1) is 6.63. The van der Waals surface area contributed by atoms with Gasteiger partial charge in [-0.25, -0.2) is 9.97 Å². The summed E-state index contributed by atoms with van der Waals surface area (Å²) < 4.78 is 4.81. The van der Waals surface area contributed by atoms with E-state index in [1.54, 1.807) is 6.92 Å². The maximum atomic E-state index is 11.3. The third-order valence-corrected chi connectivity index (χ3v) is 1.79. The highest BCUT2D eigenvalue weighted by atomic mass is 35.5. The molecule has 0 bridgehead atoms. The van der Waals surface area contributed by atoms with Crippen molar-refractivity contribution >= 4 is 23.5 Å². The lowest BCUT2D eigenvalue weighted by Gasteiger charge is -2.08. The maximum absolute atomic E-state index is 11.3. The molecule has 1 aromatic rings. The van der Waals surface area contributed by atoms with E-state index in [4.69, 9.17) is 16.3 Å². The number of halogens is 1. The number of hydrogen-bond acceptors (Lipinski definition) is 4. The molecular weight excluding hydrogens is 206 g/mol. The molecule has 0 radical (unpaired) electrons. The normalized spacial score (nSPS) is 12.2. The van der Waals surface area contributed by atoms with Gasteiger partial charge < -0.3 is 4.74 Å². The van der Waals surface area contributed by atoms with Crippen LogP contribution in [0.3, 0.4) is 0 Å². The van der Waals surface area contributed by atoms with Crippen molar-refractivity contribution in [2.24, 2.45) is 0 Å². The molecule has 0 aromatic carbocycles. The minimum atomic E-state index is -0.544. The lowest BCUT2D eigenvalue weighted by Crippen LogP contribution is -2.27. The highest BCUT2D eigenvalue weighted by Gasteiger charge is 2.12. The fraction of sp³-hybridized carbons (Fsp3) is 0.375. The van der Waals surface area contributed by atoms with Crippen LogP contribution in [0.1, 0.15) is 6.92 Å². The lowest BCUT2D eigenvalue weighted by molar-refractivity contribution is -0.124. The molecule has 1 heterocycles. The van der Waals surface area contributed by atoms with Gasteiger partial charge in [-0.05, 0) is 13.0 Å². The summed E-state index contributed by atoms with van der Waals surface area (Å²) in [5.74, 6) is -0.138. The summed E-state index contributed by atoms with van der Waals surface area (Å²) in [6, 6.07) is 1.52. The summed E-state index contributed by atoms with van der Waals surface area (Å²) in [4.78, 5) is 18.9. The number of carbonyl (C=O) groups excluding carboxylic acids is 1. The van der Waals surface area contributed by atoms with Gasteiger partial charge in [0, 0.05) is 13.3 Å². The second kappa shape index (κ2) is 4.88. The average molecular weight is 216 g/mol. The van der Waals surface area contributed by atoms with Crippen LogP contribution < -0.4 is 5.32 Å². The van der Waals surface area contributed by atoms with Gasteiger partial charge in [0.25, 0.3) is 5.91 Å². The van der Waals surface area contributed by atoms with E-state index < -0.39 is 6.10 Å². The first kappa shape index (κ1) is 10.9. The molecular formula is C8H10ClN3O2. The van der Waals surface area contributed by atoms with Crippen molar-refractivity contribution in [1.82, 2.24) is 9.97 Å². The van der Waals surface area contributed by atoms with Crippen molar-refractivity contribution in [3.63, 3.8) is 0 Å². The number of ether oxygens (including phenoxy) is 1. The van der Waals surface area contributed by atoms with E-state index >= 15 is 0 Å². The number of carbonyl (C=O) groups is 1. The monoisotopic (exact) mass is 215 g/mol. The number of nitrogens with one attached hydrogen (secondary N) is 1. The van der Waals surface area contributed by atoms with Crippen LogP contribution in [0, 0.1) is 0 Å². The van der Waals surface area contributed by atoms with Gasteiger partial charge in [-0.15, -0.1) is 0 Å².